The lowest BCUT2D eigenvalue weighted by molar-refractivity contribution is 0.0181. The van der Waals surface area contributed by atoms with Crippen molar-refractivity contribution >= 4 is 15.9 Å². The lowest BCUT2D eigenvalue weighted by Gasteiger charge is -2.37. The maximum absolute atomic E-state index is 10.4. The molecule has 1 N–H and O–H groups in total. The summed E-state index contributed by atoms with van der Waals surface area (Å²) >= 11 is 3.51. The Kier molecular flexibility index (Phi) is 5.20. The van der Waals surface area contributed by atoms with Crippen LogP contribution < -0.4 is 4.74 Å². The molecule has 18 heavy (non-hydrogen) atoms. The van der Waals surface area contributed by atoms with Gasteiger partial charge in [-0.3, -0.25) is 0 Å². The highest BCUT2D eigenvalue weighted by Gasteiger charge is 2.30. The van der Waals surface area contributed by atoms with Crippen molar-refractivity contribution in [3.8, 4) is 5.75 Å². The molecule has 0 bridgehead atoms. The fourth-order valence-electron chi connectivity index (χ4n) is 1.59. The first-order valence-electron chi connectivity index (χ1n) is 5.97. The first-order valence-corrected chi connectivity index (χ1v) is 6.76. The van der Waals surface area contributed by atoms with Crippen LogP contribution in [0.3, 0.4) is 0 Å². The summed E-state index contributed by atoms with van der Waals surface area (Å²) in [5.41, 5.74) is 0.777. The van der Waals surface area contributed by atoms with Gasteiger partial charge >= 0.3 is 0 Å². The van der Waals surface area contributed by atoms with Crippen molar-refractivity contribution in [2.24, 2.45) is 0 Å². The van der Waals surface area contributed by atoms with Gasteiger partial charge in [0, 0.05) is 16.4 Å². The molecule has 0 heterocycles. The van der Waals surface area contributed by atoms with Gasteiger partial charge in [0.05, 0.1) is 13.2 Å². The quantitative estimate of drug-likeness (QED) is 0.906. The molecule has 1 rings (SSSR count). The molecule has 0 fully saturated rings. The van der Waals surface area contributed by atoms with Crippen LogP contribution in [0.15, 0.2) is 22.7 Å². The third kappa shape index (κ3) is 3.46. The van der Waals surface area contributed by atoms with Crippen LogP contribution in [0, 0.1) is 0 Å². The molecule has 0 radical (unpaired) electrons. The van der Waals surface area contributed by atoms with Crippen molar-refractivity contribution in [3.05, 3.63) is 28.2 Å². The summed E-state index contributed by atoms with van der Waals surface area (Å²) in [6.45, 7) is 4.07. The van der Waals surface area contributed by atoms with Crippen LogP contribution >= 0.6 is 15.9 Å². The minimum atomic E-state index is -0.448. The highest BCUT2D eigenvalue weighted by atomic mass is 79.9. The zero-order valence-corrected chi connectivity index (χ0v) is 13.3. The SMILES string of the molecule is COc1ccc(Br)c(CC(O)C(C)(C)N(C)C)c1. The first-order chi connectivity index (χ1) is 8.28. The second kappa shape index (κ2) is 6.04. The van der Waals surface area contributed by atoms with Crippen LogP contribution in [0.5, 0.6) is 5.75 Å². The Balaban J connectivity index is 2.90. The molecule has 4 heteroatoms. The first kappa shape index (κ1) is 15.5. The van der Waals surface area contributed by atoms with E-state index in [1.807, 2.05) is 51.0 Å². The highest BCUT2D eigenvalue weighted by Crippen LogP contribution is 2.27. The smallest absolute Gasteiger partial charge is 0.119 e. The second-order valence-electron chi connectivity index (χ2n) is 5.23. The number of benzene rings is 1. The van der Waals surface area contributed by atoms with Gasteiger partial charge < -0.3 is 14.7 Å². The van der Waals surface area contributed by atoms with Gasteiger partial charge in [-0.05, 0) is 51.7 Å². The van der Waals surface area contributed by atoms with E-state index in [-0.39, 0.29) is 5.54 Å². The van der Waals surface area contributed by atoms with E-state index >= 15 is 0 Å². The van der Waals surface area contributed by atoms with Crippen molar-refractivity contribution in [2.75, 3.05) is 21.2 Å². The number of hydrogen-bond acceptors (Lipinski definition) is 3. The van der Waals surface area contributed by atoms with Gasteiger partial charge in [0.1, 0.15) is 5.75 Å². The molecule has 1 atom stereocenters. The number of nitrogens with zero attached hydrogens (tertiary/aromatic N) is 1. The Morgan fingerprint density at radius 1 is 1.39 bits per heavy atom. The number of rotatable bonds is 5. The number of halogens is 1. The molecule has 0 aliphatic rings. The average Bonchev–Trinajstić information content (AvgIpc) is 2.31. The number of hydrogen-bond donors (Lipinski definition) is 1. The molecule has 102 valence electrons. The molecule has 1 aromatic carbocycles. The molecule has 3 nitrogen and oxygen atoms in total. The van der Waals surface area contributed by atoms with E-state index in [4.69, 9.17) is 4.74 Å². The summed E-state index contributed by atoms with van der Waals surface area (Å²) in [4.78, 5) is 2.03. The van der Waals surface area contributed by atoms with Crippen LogP contribution in [-0.4, -0.2) is 42.9 Å². The van der Waals surface area contributed by atoms with Gasteiger partial charge in [-0.15, -0.1) is 0 Å². The van der Waals surface area contributed by atoms with Crippen LogP contribution in [0.4, 0.5) is 0 Å². The molecule has 0 saturated carbocycles. The zero-order chi connectivity index (χ0) is 13.9. The van der Waals surface area contributed by atoms with E-state index in [0.29, 0.717) is 6.42 Å². The summed E-state index contributed by atoms with van der Waals surface area (Å²) < 4.78 is 6.21. The summed E-state index contributed by atoms with van der Waals surface area (Å²) in [5, 5.41) is 10.4. The zero-order valence-electron chi connectivity index (χ0n) is 11.7. The van der Waals surface area contributed by atoms with E-state index in [1.165, 1.54) is 0 Å². The van der Waals surface area contributed by atoms with E-state index in [1.54, 1.807) is 7.11 Å². The number of ether oxygens (including phenoxy) is 1. The van der Waals surface area contributed by atoms with Gasteiger partial charge in [-0.25, -0.2) is 0 Å². The summed E-state index contributed by atoms with van der Waals surface area (Å²) in [6.07, 6.45) is 0.138. The molecule has 0 aliphatic carbocycles. The lowest BCUT2D eigenvalue weighted by Crippen LogP contribution is -2.49. The van der Waals surface area contributed by atoms with Crippen molar-refractivity contribution in [1.29, 1.82) is 0 Å². The molecule has 1 unspecified atom stereocenters. The summed E-state index contributed by atoms with van der Waals surface area (Å²) in [7, 11) is 5.60. The largest absolute Gasteiger partial charge is 0.497 e. The Labute approximate surface area is 118 Å². The van der Waals surface area contributed by atoms with E-state index in [9.17, 15) is 5.11 Å². The standard InChI is InChI=1S/C14H22BrNO2/c1-14(2,16(3)4)13(17)9-10-8-11(18-5)6-7-12(10)15/h6-8,13,17H,9H2,1-5H3. The highest BCUT2D eigenvalue weighted by molar-refractivity contribution is 9.10. The van der Waals surface area contributed by atoms with Crippen LogP contribution in [0.25, 0.3) is 0 Å². The molecule has 0 aromatic heterocycles. The third-order valence-electron chi connectivity index (χ3n) is 3.63. The van der Waals surface area contributed by atoms with Gasteiger partial charge in [-0.1, -0.05) is 15.9 Å². The van der Waals surface area contributed by atoms with Crippen LogP contribution in [-0.2, 0) is 6.42 Å². The van der Waals surface area contributed by atoms with Crippen LogP contribution in [0.2, 0.25) is 0 Å². The monoisotopic (exact) mass is 315 g/mol. The minimum Gasteiger partial charge on any atom is -0.497 e. The molecule has 0 aliphatic heterocycles. The van der Waals surface area contributed by atoms with E-state index in [0.717, 1.165) is 15.8 Å². The van der Waals surface area contributed by atoms with Gasteiger partial charge in [-0.2, -0.15) is 0 Å². The molecular weight excluding hydrogens is 294 g/mol. The van der Waals surface area contributed by atoms with E-state index in [2.05, 4.69) is 15.9 Å². The summed E-state index contributed by atoms with van der Waals surface area (Å²) in [5.74, 6) is 0.808. The Morgan fingerprint density at radius 3 is 2.50 bits per heavy atom. The number of aliphatic hydroxyl groups is 1. The topological polar surface area (TPSA) is 32.7 Å². The normalized spacial score (nSPS) is 13.8. The fourth-order valence-corrected chi connectivity index (χ4v) is 2.00. The molecule has 0 amide bonds. The maximum atomic E-state index is 10.4. The van der Waals surface area contributed by atoms with Crippen molar-refractivity contribution in [3.63, 3.8) is 0 Å². The summed E-state index contributed by atoms with van der Waals surface area (Å²) in [6, 6.07) is 5.81. The molecule has 0 saturated heterocycles. The average molecular weight is 316 g/mol. The lowest BCUT2D eigenvalue weighted by atomic mass is 9.91. The number of methoxy groups -OCH3 is 1. The van der Waals surface area contributed by atoms with Crippen molar-refractivity contribution in [1.82, 2.24) is 4.90 Å². The van der Waals surface area contributed by atoms with Crippen LogP contribution in [0.1, 0.15) is 19.4 Å². The Morgan fingerprint density at radius 2 is 2.00 bits per heavy atom. The maximum Gasteiger partial charge on any atom is 0.119 e. The number of aliphatic hydroxyl groups excluding tert-OH is 1. The molecule has 0 spiro atoms. The number of likely N-dealkylation sites (N-methyl/N-ethyl adjacent to an activating group) is 1. The third-order valence-corrected chi connectivity index (χ3v) is 4.41. The molecule has 1 aromatic rings. The van der Waals surface area contributed by atoms with Crippen molar-refractivity contribution in [2.45, 2.75) is 31.9 Å². The second-order valence-corrected chi connectivity index (χ2v) is 6.08. The van der Waals surface area contributed by atoms with Gasteiger partial charge in [0.25, 0.3) is 0 Å². The molecular formula is C14H22BrNO2. The van der Waals surface area contributed by atoms with E-state index < -0.39 is 6.10 Å². The fraction of sp³-hybridized carbons (Fsp3) is 0.571. The predicted molar refractivity (Wildman–Crippen MR) is 78.2 cm³/mol. The minimum absolute atomic E-state index is 0.275. The van der Waals surface area contributed by atoms with Crippen molar-refractivity contribution < 1.29 is 9.84 Å². The predicted octanol–water partition coefficient (Wildman–Crippen LogP) is 2.70. The Bertz CT molecular complexity index is 405. The van der Waals surface area contributed by atoms with Gasteiger partial charge in [0.15, 0.2) is 0 Å². The van der Waals surface area contributed by atoms with Gasteiger partial charge in [0.2, 0.25) is 0 Å². The Hall–Kier alpha value is -0.580.